The lowest BCUT2D eigenvalue weighted by molar-refractivity contribution is 0.198. The summed E-state index contributed by atoms with van der Waals surface area (Å²) in [6.45, 7) is 1.58. The lowest BCUT2D eigenvalue weighted by Crippen LogP contribution is -2.21. The van der Waals surface area contributed by atoms with Crippen molar-refractivity contribution in [1.82, 2.24) is 0 Å². The Hall–Kier alpha value is -1.13. The van der Waals surface area contributed by atoms with Crippen LogP contribution in [0.4, 0.5) is 10.1 Å². The first-order valence-corrected chi connectivity index (χ1v) is 5.12. The van der Waals surface area contributed by atoms with Crippen LogP contribution in [0.1, 0.15) is 12.0 Å². The highest BCUT2D eigenvalue weighted by Gasteiger charge is 2.20. The minimum atomic E-state index is -0.290. The number of nitrogens with two attached hydrogens (primary N) is 1. The fourth-order valence-corrected chi connectivity index (χ4v) is 1.87. The number of rotatable bonds is 2. The Labute approximate surface area is 88.3 Å². The van der Waals surface area contributed by atoms with Gasteiger partial charge in [0.2, 0.25) is 0 Å². The summed E-state index contributed by atoms with van der Waals surface area (Å²) in [5.74, 6) is -0.267. The van der Waals surface area contributed by atoms with E-state index >= 15 is 0 Å². The molecule has 1 aromatic carbocycles. The second-order valence-electron chi connectivity index (χ2n) is 3.87. The molecule has 0 bridgehead atoms. The summed E-state index contributed by atoms with van der Waals surface area (Å²) in [5, 5.41) is 9.38. The predicted octanol–water partition coefficient (Wildman–Crippen LogP) is 0.855. The molecule has 1 atom stereocenters. The van der Waals surface area contributed by atoms with Crippen LogP contribution in [0.15, 0.2) is 18.2 Å². The maximum Gasteiger partial charge on any atom is 0.129 e. The number of β-amino-alcohol motifs (C(OH)–C–C–N with tert-alkyl or cyclic N) is 1. The Morgan fingerprint density at radius 1 is 1.53 bits per heavy atom. The topological polar surface area (TPSA) is 49.5 Å². The van der Waals surface area contributed by atoms with Gasteiger partial charge in [0.25, 0.3) is 0 Å². The van der Waals surface area contributed by atoms with Gasteiger partial charge in [-0.1, -0.05) is 6.07 Å². The Balaban J connectivity index is 2.19. The van der Waals surface area contributed by atoms with Gasteiger partial charge >= 0.3 is 0 Å². The molecule has 0 spiro atoms. The van der Waals surface area contributed by atoms with E-state index in [1.807, 2.05) is 11.0 Å². The Kier molecular flexibility index (Phi) is 2.88. The number of hydrogen-bond acceptors (Lipinski definition) is 3. The van der Waals surface area contributed by atoms with Gasteiger partial charge in [0.05, 0.1) is 6.10 Å². The van der Waals surface area contributed by atoms with Crippen LogP contribution in [0.5, 0.6) is 0 Å². The van der Waals surface area contributed by atoms with Crippen molar-refractivity contribution in [3.8, 4) is 0 Å². The van der Waals surface area contributed by atoms with Crippen molar-refractivity contribution in [2.24, 2.45) is 5.73 Å². The summed E-state index contributed by atoms with van der Waals surface area (Å²) in [4.78, 5) is 1.98. The first kappa shape index (κ1) is 10.4. The van der Waals surface area contributed by atoms with E-state index in [9.17, 15) is 9.50 Å². The van der Waals surface area contributed by atoms with E-state index < -0.39 is 0 Å². The van der Waals surface area contributed by atoms with Crippen LogP contribution in [0.25, 0.3) is 0 Å². The van der Waals surface area contributed by atoms with Crippen LogP contribution in [0.2, 0.25) is 0 Å². The number of aliphatic hydroxyl groups is 1. The van der Waals surface area contributed by atoms with Crippen LogP contribution < -0.4 is 10.6 Å². The SMILES string of the molecule is NCc1ccc(N2CCC(O)C2)cc1F. The van der Waals surface area contributed by atoms with Crippen molar-refractivity contribution in [2.45, 2.75) is 19.1 Å². The van der Waals surface area contributed by atoms with Crippen LogP contribution in [-0.4, -0.2) is 24.3 Å². The zero-order valence-corrected chi connectivity index (χ0v) is 8.49. The van der Waals surface area contributed by atoms with Crippen molar-refractivity contribution in [3.63, 3.8) is 0 Å². The van der Waals surface area contributed by atoms with Crippen molar-refractivity contribution in [2.75, 3.05) is 18.0 Å². The van der Waals surface area contributed by atoms with Gasteiger partial charge < -0.3 is 15.7 Å². The molecular weight excluding hydrogens is 195 g/mol. The molecular formula is C11H15FN2O. The Bertz CT molecular complexity index is 356. The van der Waals surface area contributed by atoms with Gasteiger partial charge in [-0.25, -0.2) is 4.39 Å². The summed E-state index contributed by atoms with van der Waals surface area (Å²) in [5.41, 5.74) is 6.73. The maximum absolute atomic E-state index is 13.4. The smallest absolute Gasteiger partial charge is 0.129 e. The molecule has 3 N–H and O–H groups in total. The summed E-state index contributed by atoms with van der Waals surface area (Å²) in [6, 6.07) is 5.04. The molecule has 1 saturated heterocycles. The number of halogens is 1. The monoisotopic (exact) mass is 210 g/mol. The summed E-state index contributed by atoms with van der Waals surface area (Å²) in [7, 11) is 0. The standard InChI is InChI=1S/C11H15FN2O/c12-11-5-9(2-1-8(11)6-13)14-4-3-10(15)7-14/h1-2,5,10,15H,3-4,6-7,13H2. The van der Waals surface area contributed by atoms with Crippen molar-refractivity contribution >= 4 is 5.69 Å². The van der Waals surface area contributed by atoms with Crippen LogP contribution in [0.3, 0.4) is 0 Å². The largest absolute Gasteiger partial charge is 0.391 e. The molecule has 4 heteroatoms. The van der Waals surface area contributed by atoms with E-state index in [0.717, 1.165) is 18.7 Å². The molecule has 1 aromatic rings. The quantitative estimate of drug-likeness (QED) is 0.761. The van der Waals surface area contributed by atoms with E-state index in [-0.39, 0.29) is 18.5 Å². The van der Waals surface area contributed by atoms with Crippen LogP contribution >= 0.6 is 0 Å². The lowest BCUT2D eigenvalue weighted by Gasteiger charge is -2.18. The zero-order valence-electron chi connectivity index (χ0n) is 8.49. The van der Waals surface area contributed by atoms with E-state index in [1.54, 1.807) is 6.07 Å². The molecule has 1 aliphatic heterocycles. The third-order valence-electron chi connectivity index (χ3n) is 2.79. The molecule has 3 nitrogen and oxygen atoms in total. The van der Waals surface area contributed by atoms with Crippen LogP contribution in [0, 0.1) is 5.82 Å². The minimum absolute atomic E-state index is 0.217. The van der Waals surface area contributed by atoms with Gasteiger partial charge in [-0.05, 0) is 18.6 Å². The first-order valence-electron chi connectivity index (χ1n) is 5.12. The fraction of sp³-hybridized carbons (Fsp3) is 0.455. The molecule has 0 saturated carbocycles. The van der Waals surface area contributed by atoms with Crippen LogP contribution in [-0.2, 0) is 6.54 Å². The highest BCUT2D eigenvalue weighted by molar-refractivity contribution is 5.49. The Morgan fingerprint density at radius 3 is 2.87 bits per heavy atom. The molecule has 0 amide bonds. The number of anilines is 1. The van der Waals surface area contributed by atoms with Gasteiger partial charge in [-0.3, -0.25) is 0 Å². The zero-order chi connectivity index (χ0) is 10.8. The second-order valence-corrected chi connectivity index (χ2v) is 3.87. The number of benzene rings is 1. The van der Waals surface area contributed by atoms with Gasteiger partial charge in [0.15, 0.2) is 0 Å². The predicted molar refractivity (Wildman–Crippen MR) is 57.1 cm³/mol. The third kappa shape index (κ3) is 2.11. The summed E-state index contributed by atoms with van der Waals surface area (Å²) < 4.78 is 13.4. The second kappa shape index (κ2) is 4.16. The highest BCUT2D eigenvalue weighted by atomic mass is 19.1. The molecule has 15 heavy (non-hydrogen) atoms. The van der Waals surface area contributed by atoms with Gasteiger partial charge in [0, 0.05) is 30.9 Å². The number of hydrogen-bond donors (Lipinski definition) is 2. The lowest BCUT2D eigenvalue weighted by atomic mass is 10.2. The molecule has 0 aliphatic carbocycles. The summed E-state index contributed by atoms with van der Waals surface area (Å²) in [6.07, 6.45) is 0.461. The van der Waals surface area contributed by atoms with Gasteiger partial charge in [-0.2, -0.15) is 0 Å². The van der Waals surface area contributed by atoms with Crippen molar-refractivity contribution < 1.29 is 9.50 Å². The van der Waals surface area contributed by atoms with Gasteiger partial charge in [0.1, 0.15) is 5.82 Å². The average Bonchev–Trinajstić information content (AvgIpc) is 2.65. The molecule has 82 valence electrons. The number of aliphatic hydroxyl groups excluding tert-OH is 1. The number of nitrogens with zero attached hydrogens (tertiary/aromatic N) is 1. The molecule has 1 fully saturated rings. The van der Waals surface area contributed by atoms with E-state index in [0.29, 0.717) is 12.1 Å². The third-order valence-corrected chi connectivity index (χ3v) is 2.79. The van der Waals surface area contributed by atoms with Crippen molar-refractivity contribution in [1.29, 1.82) is 0 Å². The molecule has 2 rings (SSSR count). The minimum Gasteiger partial charge on any atom is -0.391 e. The van der Waals surface area contributed by atoms with E-state index in [1.165, 1.54) is 6.07 Å². The molecule has 1 unspecified atom stereocenters. The molecule has 1 heterocycles. The molecule has 1 aliphatic rings. The first-order chi connectivity index (χ1) is 7.20. The van der Waals surface area contributed by atoms with Crippen molar-refractivity contribution in [3.05, 3.63) is 29.6 Å². The van der Waals surface area contributed by atoms with E-state index in [4.69, 9.17) is 5.73 Å². The average molecular weight is 210 g/mol. The summed E-state index contributed by atoms with van der Waals surface area (Å²) >= 11 is 0. The molecule has 0 radical (unpaired) electrons. The molecule has 0 aromatic heterocycles. The normalized spacial score (nSPS) is 21.0. The fourth-order valence-electron chi connectivity index (χ4n) is 1.87. The van der Waals surface area contributed by atoms with E-state index in [2.05, 4.69) is 0 Å². The Morgan fingerprint density at radius 2 is 2.33 bits per heavy atom. The highest BCUT2D eigenvalue weighted by Crippen LogP contribution is 2.22. The maximum atomic E-state index is 13.4. The van der Waals surface area contributed by atoms with Gasteiger partial charge in [-0.15, -0.1) is 0 Å².